The number of para-hydroxylation sites is 1. The first-order valence-corrected chi connectivity index (χ1v) is 10.9. The molecule has 1 aliphatic carbocycles. The summed E-state index contributed by atoms with van der Waals surface area (Å²) in [5.41, 5.74) is 3.79. The van der Waals surface area contributed by atoms with Gasteiger partial charge in [-0.3, -0.25) is 4.79 Å². The van der Waals surface area contributed by atoms with Crippen molar-refractivity contribution in [1.82, 2.24) is 25.1 Å². The Morgan fingerprint density at radius 3 is 2.64 bits per heavy atom. The van der Waals surface area contributed by atoms with Crippen LogP contribution in [0.15, 0.2) is 23.4 Å². The standard InChI is InChI=1S/C21H29N5OS/c1-14-7-6-8-15(2)18(14)26-19(22-23-24-26)28-11-17(27)25-13-21(5)10-16(25)9-20(3,4)12-21/h6-8,16H,9-13H2,1-5H3/t16-,21-/m0/s1. The zero-order valence-corrected chi connectivity index (χ0v) is 18.2. The summed E-state index contributed by atoms with van der Waals surface area (Å²) < 4.78 is 1.76. The van der Waals surface area contributed by atoms with Crippen LogP contribution in [0.2, 0.25) is 0 Å². The van der Waals surface area contributed by atoms with Crippen LogP contribution in [-0.4, -0.2) is 49.4 Å². The van der Waals surface area contributed by atoms with E-state index in [0.717, 1.165) is 36.2 Å². The fourth-order valence-corrected chi connectivity index (χ4v) is 6.27. The maximum Gasteiger partial charge on any atom is 0.233 e. The van der Waals surface area contributed by atoms with Crippen LogP contribution < -0.4 is 0 Å². The van der Waals surface area contributed by atoms with E-state index < -0.39 is 0 Å². The monoisotopic (exact) mass is 399 g/mol. The minimum atomic E-state index is 0.201. The van der Waals surface area contributed by atoms with Gasteiger partial charge in [0.2, 0.25) is 11.1 Å². The summed E-state index contributed by atoms with van der Waals surface area (Å²) in [5, 5.41) is 12.9. The van der Waals surface area contributed by atoms with Gasteiger partial charge in [0, 0.05) is 12.6 Å². The summed E-state index contributed by atoms with van der Waals surface area (Å²) >= 11 is 1.43. The van der Waals surface area contributed by atoms with Gasteiger partial charge in [0.05, 0.1) is 11.4 Å². The summed E-state index contributed by atoms with van der Waals surface area (Å²) in [6.07, 6.45) is 3.42. The zero-order chi connectivity index (χ0) is 20.1. The molecule has 2 heterocycles. The van der Waals surface area contributed by atoms with Gasteiger partial charge in [-0.1, -0.05) is 50.7 Å². The molecule has 1 saturated carbocycles. The van der Waals surface area contributed by atoms with Crippen molar-refractivity contribution in [2.75, 3.05) is 12.3 Å². The van der Waals surface area contributed by atoms with Crippen LogP contribution >= 0.6 is 11.8 Å². The normalized spacial score (nSPS) is 25.9. The second-order valence-electron chi connectivity index (χ2n) is 9.64. The molecule has 28 heavy (non-hydrogen) atoms. The molecule has 1 aromatic carbocycles. The van der Waals surface area contributed by atoms with Crippen molar-refractivity contribution in [3.63, 3.8) is 0 Å². The summed E-state index contributed by atoms with van der Waals surface area (Å²) in [4.78, 5) is 15.2. The number of hydrogen-bond donors (Lipinski definition) is 0. The summed E-state index contributed by atoms with van der Waals surface area (Å²) in [6, 6.07) is 6.51. The predicted molar refractivity (Wildman–Crippen MR) is 111 cm³/mol. The number of carbonyl (C=O) groups is 1. The Labute approximate surface area is 171 Å². The number of benzene rings is 1. The van der Waals surface area contributed by atoms with Gasteiger partial charge in [0.25, 0.3) is 0 Å². The summed E-state index contributed by atoms with van der Waals surface area (Å²) in [5.74, 6) is 0.575. The number of amides is 1. The smallest absolute Gasteiger partial charge is 0.233 e. The second-order valence-corrected chi connectivity index (χ2v) is 10.6. The number of tetrazole rings is 1. The molecule has 150 valence electrons. The molecule has 1 saturated heterocycles. The van der Waals surface area contributed by atoms with Crippen molar-refractivity contribution in [3.8, 4) is 5.69 Å². The number of aromatic nitrogens is 4. The van der Waals surface area contributed by atoms with Crippen molar-refractivity contribution >= 4 is 17.7 Å². The molecule has 2 aliphatic rings. The number of nitrogens with zero attached hydrogens (tertiary/aromatic N) is 5. The SMILES string of the molecule is Cc1cccc(C)c1-n1nnnc1SCC(=O)N1C[C@@]2(C)C[C@@H]1CC(C)(C)C2. The maximum absolute atomic E-state index is 13.0. The first kappa shape index (κ1) is 19.4. The third-order valence-corrected chi connectivity index (χ3v) is 7.06. The van der Waals surface area contributed by atoms with Crippen LogP contribution in [0.5, 0.6) is 0 Å². The summed E-state index contributed by atoms with van der Waals surface area (Å²) in [6.45, 7) is 12.0. The molecular formula is C21H29N5OS. The van der Waals surface area contributed by atoms with Crippen molar-refractivity contribution in [3.05, 3.63) is 29.3 Å². The van der Waals surface area contributed by atoms with Gasteiger partial charge < -0.3 is 4.90 Å². The average Bonchev–Trinajstić information content (AvgIpc) is 3.13. The fourth-order valence-electron chi connectivity index (χ4n) is 5.51. The first-order chi connectivity index (χ1) is 13.2. The van der Waals surface area contributed by atoms with E-state index in [9.17, 15) is 4.79 Å². The molecule has 0 radical (unpaired) electrons. The van der Waals surface area contributed by atoms with Crippen LogP contribution in [0.25, 0.3) is 5.69 Å². The lowest BCUT2D eigenvalue weighted by molar-refractivity contribution is -0.129. The van der Waals surface area contributed by atoms with Gasteiger partial charge in [-0.15, -0.1) is 5.10 Å². The lowest BCUT2D eigenvalue weighted by Crippen LogP contribution is -2.38. The highest BCUT2D eigenvalue weighted by Crippen LogP contribution is 2.52. The van der Waals surface area contributed by atoms with E-state index in [1.807, 2.05) is 6.07 Å². The van der Waals surface area contributed by atoms with Crippen molar-refractivity contribution < 1.29 is 4.79 Å². The topological polar surface area (TPSA) is 63.9 Å². The Morgan fingerprint density at radius 1 is 1.21 bits per heavy atom. The molecule has 0 N–H and O–H groups in total. The van der Waals surface area contributed by atoms with Gasteiger partial charge in [0.15, 0.2) is 0 Å². The second kappa shape index (κ2) is 6.87. The number of rotatable bonds is 4. The lowest BCUT2D eigenvalue weighted by Gasteiger charge is -2.39. The number of fused-ring (bicyclic) bond motifs is 2. The third kappa shape index (κ3) is 3.56. The quantitative estimate of drug-likeness (QED) is 0.732. The molecule has 1 aliphatic heterocycles. The van der Waals surface area contributed by atoms with E-state index >= 15 is 0 Å². The molecule has 6 nitrogen and oxygen atoms in total. The molecule has 4 rings (SSSR count). The molecule has 1 amide bonds. The molecule has 2 atom stereocenters. The molecule has 1 aromatic heterocycles. The van der Waals surface area contributed by atoms with Crippen LogP contribution in [0, 0.1) is 24.7 Å². The fraction of sp³-hybridized carbons (Fsp3) is 0.619. The largest absolute Gasteiger partial charge is 0.338 e. The highest BCUT2D eigenvalue weighted by molar-refractivity contribution is 7.99. The zero-order valence-electron chi connectivity index (χ0n) is 17.4. The van der Waals surface area contributed by atoms with E-state index in [0.29, 0.717) is 22.4 Å². The minimum Gasteiger partial charge on any atom is -0.338 e. The van der Waals surface area contributed by atoms with Crippen LogP contribution in [0.3, 0.4) is 0 Å². The Hall–Kier alpha value is -1.89. The van der Waals surface area contributed by atoms with E-state index in [1.54, 1.807) is 4.68 Å². The van der Waals surface area contributed by atoms with Crippen LogP contribution in [0.4, 0.5) is 0 Å². The number of carbonyl (C=O) groups excluding carboxylic acids is 1. The van der Waals surface area contributed by atoms with Crippen LogP contribution in [-0.2, 0) is 4.79 Å². The molecule has 2 bridgehead atoms. The maximum atomic E-state index is 13.0. The van der Waals surface area contributed by atoms with Crippen LogP contribution in [0.1, 0.15) is 51.2 Å². The van der Waals surface area contributed by atoms with Gasteiger partial charge in [-0.05, 0) is 65.5 Å². The molecule has 2 fully saturated rings. The lowest BCUT2D eigenvalue weighted by atomic mass is 9.65. The average molecular weight is 400 g/mol. The Morgan fingerprint density at radius 2 is 1.93 bits per heavy atom. The number of hydrogen-bond acceptors (Lipinski definition) is 5. The van der Waals surface area contributed by atoms with Gasteiger partial charge in [-0.25, -0.2) is 0 Å². The third-order valence-electron chi connectivity index (χ3n) is 6.15. The highest BCUT2D eigenvalue weighted by Gasteiger charge is 2.50. The first-order valence-electron chi connectivity index (χ1n) is 9.95. The summed E-state index contributed by atoms with van der Waals surface area (Å²) in [7, 11) is 0. The Kier molecular flexibility index (Phi) is 4.76. The van der Waals surface area contributed by atoms with E-state index in [-0.39, 0.29) is 11.3 Å². The van der Waals surface area contributed by atoms with Crippen molar-refractivity contribution in [1.29, 1.82) is 0 Å². The van der Waals surface area contributed by atoms with E-state index in [2.05, 4.69) is 67.2 Å². The van der Waals surface area contributed by atoms with Crippen molar-refractivity contribution in [2.45, 2.75) is 65.1 Å². The molecule has 2 aromatic rings. The Balaban J connectivity index is 1.48. The Bertz CT molecular complexity index is 888. The van der Waals surface area contributed by atoms with Gasteiger partial charge in [0.1, 0.15) is 0 Å². The predicted octanol–water partition coefficient (Wildman–Crippen LogP) is 3.80. The van der Waals surface area contributed by atoms with E-state index in [4.69, 9.17) is 0 Å². The van der Waals surface area contributed by atoms with Gasteiger partial charge in [-0.2, -0.15) is 4.68 Å². The molecule has 7 heteroatoms. The number of likely N-dealkylation sites (tertiary alicyclic amines) is 1. The minimum absolute atomic E-state index is 0.201. The molecular weight excluding hydrogens is 370 g/mol. The van der Waals surface area contributed by atoms with Gasteiger partial charge >= 0.3 is 0 Å². The molecule has 0 unspecified atom stereocenters. The highest BCUT2D eigenvalue weighted by atomic mass is 32.2. The molecule has 0 spiro atoms. The van der Waals surface area contributed by atoms with E-state index in [1.165, 1.54) is 18.2 Å². The number of thioether (sulfide) groups is 1. The number of aryl methyl sites for hydroxylation is 2. The van der Waals surface area contributed by atoms with Crippen molar-refractivity contribution in [2.24, 2.45) is 10.8 Å².